The molecule has 0 radical (unpaired) electrons. The van der Waals surface area contributed by atoms with Crippen molar-refractivity contribution in [3.05, 3.63) is 95.8 Å². The summed E-state index contributed by atoms with van der Waals surface area (Å²) in [6.07, 6.45) is 6.22. The SMILES string of the molecule is O=C(Nc1cc(Cl)ccc1-n1cncn1)c1cnc2c(cnn2Cc2ccccc2)c1. The highest BCUT2D eigenvalue weighted by Crippen LogP contribution is 2.25. The number of anilines is 1. The third kappa shape index (κ3) is 3.88. The van der Waals surface area contributed by atoms with Crippen LogP contribution in [0.2, 0.25) is 5.02 Å². The molecule has 9 heteroatoms. The van der Waals surface area contributed by atoms with Crippen LogP contribution in [0.3, 0.4) is 0 Å². The Bertz CT molecular complexity index is 1360. The number of hydrogen-bond acceptors (Lipinski definition) is 5. The molecule has 3 aromatic heterocycles. The zero-order valence-corrected chi connectivity index (χ0v) is 16.9. The van der Waals surface area contributed by atoms with E-state index in [4.69, 9.17) is 11.6 Å². The van der Waals surface area contributed by atoms with E-state index in [0.717, 1.165) is 10.9 Å². The monoisotopic (exact) mass is 429 g/mol. The summed E-state index contributed by atoms with van der Waals surface area (Å²) in [5, 5.41) is 12.7. The fourth-order valence-electron chi connectivity index (χ4n) is 3.30. The summed E-state index contributed by atoms with van der Waals surface area (Å²) in [7, 11) is 0. The number of carbonyl (C=O) groups is 1. The van der Waals surface area contributed by atoms with Gasteiger partial charge in [0.25, 0.3) is 5.91 Å². The fraction of sp³-hybridized carbons (Fsp3) is 0.0455. The first-order chi connectivity index (χ1) is 15.2. The number of benzene rings is 2. The van der Waals surface area contributed by atoms with Gasteiger partial charge < -0.3 is 5.32 Å². The molecule has 0 unspecified atom stereocenters. The lowest BCUT2D eigenvalue weighted by Gasteiger charge is -2.11. The first-order valence-electron chi connectivity index (χ1n) is 9.49. The number of amides is 1. The average Bonchev–Trinajstić information content (AvgIpc) is 3.45. The van der Waals surface area contributed by atoms with E-state index < -0.39 is 0 Å². The smallest absolute Gasteiger partial charge is 0.257 e. The van der Waals surface area contributed by atoms with Crippen molar-refractivity contribution in [3.8, 4) is 5.69 Å². The number of nitrogens with zero attached hydrogens (tertiary/aromatic N) is 6. The topological polar surface area (TPSA) is 90.5 Å². The number of aromatic nitrogens is 6. The molecule has 0 aliphatic rings. The summed E-state index contributed by atoms with van der Waals surface area (Å²) in [4.78, 5) is 21.4. The molecule has 0 atom stereocenters. The zero-order chi connectivity index (χ0) is 21.2. The van der Waals surface area contributed by atoms with Gasteiger partial charge in [0.1, 0.15) is 12.7 Å². The van der Waals surface area contributed by atoms with Crippen LogP contribution in [0.4, 0.5) is 5.69 Å². The van der Waals surface area contributed by atoms with Gasteiger partial charge in [0.05, 0.1) is 29.7 Å². The van der Waals surface area contributed by atoms with Gasteiger partial charge in [-0.05, 0) is 29.8 Å². The molecule has 1 amide bonds. The number of pyridine rings is 1. The molecule has 31 heavy (non-hydrogen) atoms. The van der Waals surface area contributed by atoms with Crippen molar-refractivity contribution in [1.29, 1.82) is 0 Å². The Morgan fingerprint density at radius 3 is 2.71 bits per heavy atom. The number of halogens is 1. The van der Waals surface area contributed by atoms with Crippen molar-refractivity contribution in [2.24, 2.45) is 0 Å². The van der Waals surface area contributed by atoms with E-state index in [9.17, 15) is 4.79 Å². The van der Waals surface area contributed by atoms with Crippen molar-refractivity contribution in [2.75, 3.05) is 5.32 Å². The van der Waals surface area contributed by atoms with Crippen molar-refractivity contribution >= 4 is 34.2 Å². The van der Waals surface area contributed by atoms with Crippen LogP contribution < -0.4 is 5.32 Å². The van der Waals surface area contributed by atoms with E-state index >= 15 is 0 Å². The van der Waals surface area contributed by atoms with E-state index in [2.05, 4.69) is 25.5 Å². The highest BCUT2D eigenvalue weighted by molar-refractivity contribution is 6.31. The quantitative estimate of drug-likeness (QED) is 0.456. The Morgan fingerprint density at radius 2 is 1.90 bits per heavy atom. The summed E-state index contributed by atoms with van der Waals surface area (Å²) < 4.78 is 3.37. The molecule has 5 rings (SSSR count). The lowest BCUT2D eigenvalue weighted by atomic mass is 10.2. The number of rotatable bonds is 5. The number of nitrogens with one attached hydrogen (secondary N) is 1. The second-order valence-corrected chi connectivity index (χ2v) is 7.32. The Morgan fingerprint density at radius 1 is 1.03 bits per heavy atom. The molecule has 1 N–H and O–H groups in total. The Kier molecular flexibility index (Phi) is 4.89. The van der Waals surface area contributed by atoms with Crippen LogP contribution >= 0.6 is 11.6 Å². The minimum atomic E-state index is -0.311. The molecule has 152 valence electrons. The number of hydrogen-bond donors (Lipinski definition) is 1. The summed E-state index contributed by atoms with van der Waals surface area (Å²) in [5.41, 5.74) is 3.42. The largest absolute Gasteiger partial charge is 0.320 e. The highest BCUT2D eigenvalue weighted by atomic mass is 35.5. The lowest BCUT2D eigenvalue weighted by Crippen LogP contribution is -2.14. The van der Waals surface area contributed by atoms with Gasteiger partial charge in [-0.25, -0.2) is 19.3 Å². The van der Waals surface area contributed by atoms with Crippen LogP contribution in [-0.2, 0) is 6.54 Å². The number of fused-ring (bicyclic) bond motifs is 1. The molecule has 0 aliphatic carbocycles. The molecule has 8 nitrogen and oxygen atoms in total. The molecule has 3 heterocycles. The van der Waals surface area contributed by atoms with Crippen molar-refractivity contribution in [1.82, 2.24) is 29.5 Å². The zero-order valence-electron chi connectivity index (χ0n) is 16.2. The van der Waals surface area contributed by atoms with E-state index in [1.807, 2.05) is 35.0 Å². The van der Waals surface area contributed by atoms with Gasteiger partial charge in [0, 0.05) is 16.6 Å². The van der Waals surface area contributed by atoms with E-state index in [1.165, 1.54) is 6.33 Å². The van der Waals surface area contributed by atoms with Crippen LogP contribution in [0.15, 0.2) is 79.6 Å². The first kappa shape index (κ1) is 19.0. The van der Waals surface area contributed by atoms with Gasteiger partial charge in [0.15, 0.2) is 5.65 Å². The van der Waals surface area contributed by atoms with Gasteiger partial charge in [-0.1, -0.05) is 41.9 Å². The maximum Gasteiger partial charge on any atom is 0.257 e. The second kappa shape index (κ2) is 8.00. The predicted molar refractivity (Wildman–Crippen MR) is 117 cm³/mol. The van der Waals surface area contributed by atoms with Crippen molar-refractivity contribution < 1.29 is 4.79 Å². The second-order valence-electron chi connectivity index (χ2n) is 6.88. The van der Waals surface area contributed by atoms with Crippen LogP contribution in [-0.4, -0.2) is 35.4 Å². The van der Waals surface area contributed by atoms with Crippen LogP contribution in [0.1, 0.15) is 15.9 Å². The third-order valence-corrected chi connectivity index (χ3v) is 5.02. The minimum absolute atomic E-state index is 0.311. The Balaban J connectivity index is 1.42. The maximum absolute atomic E-state index is 12.9. The molecule has 2 aromatic carbocycles. The lowest BCUT2D eigenvalue weighted by molar-refractivity contribution is 0.102. The molecular formula is C22H16ClN7O. The molecule has 0 bridgehead atoms. The summed E-state index contributed by atoms with van der Waals surface area (Å²) in [5.74, 6) is -0.311. The number of carbonyl (C=O) groups excluding carboxylic acids is 1. The predicted octanol–water partition coefficient (Wildman–Crippen LogP) is 3.97. The van der Waals surface area contributed by atoms with Crippen molar-refractivity contribution in [2.45, 2.75) is 6.54 Å². The first-order valence-corrected chi connectivity index (χ1v) is 9.86. The van der Waals surface area contributed by atoms with Gasteiger partial charge in [0.2, 0.25) is 0 Å². The van der Waals surface area contributed by atoms with Gasteiger partial charge in [-0.3, -0.25) is 4.79 Å². The highest BCUT2D eigenvalue weighted by Gasteiger charge is 2.14. The molecule has 0 fully saturated rings. The minimum Gasteiger partial charge on any atom is -0.320 e. The van der Waals surface area contributed by atoms with E-state index in [-0.39, 0.29) is 5.91 Å². The van der Waals surface area contributed by atoms with E-state index in [0.29, 0.717) is 34.2 Å². The van der Waals surface area contributed by atoms with Gasteiger partial charge >= 0.3 is 0 Å². The van der Waals surface area contributed by atoms with Crippen LogP contribution in [0.25, 0.3) is 16.7 Å². The molecule has 5 aromatic rings. The maximum atomic E-state index is 12.9. The van der Waals surface area contributed by atoms with E-state index in [1.54, 1.807) is 47.7 Å². The fourth-order valence-corrected chi connectivity index (χ4v) is 3.48. The van der Waals surface area contributed by atoms with Crippen LogP contribution in [0, 0.1) is 0 Å². The normalized spacial score (nSPS) is 11.0. The third-order valence-electron chi connectivity index (χ3n) is 4.79. The summed E-state index contributed by atoms with van der Waals surface area (Å²) in [6.45, 7) is 0.604. The summed E-state index contributed by atoms with van der Waals surface area (Å²) in [6, 6.07) is 16.9. The van der Waals surface area contributed by atoms with Crippen LogP contribution in [0.5, 0.6) is 0 Å². The molecule has 0 saturated heterocycles. The average molecular weight is 430 g/mol. The van der Waals surface area contributed by atoms with Gasteiger partial charge in [-0.2, -0.15) is 10.2 Å². The standard InChI is InChI=1S/C22H16ClN7O/c23-18-6-7-20(30-14-24-13-27-30)19(9-18)28-22(31)17-8-16-11-26-29(21(16)25-10-17)12-15-4-2-1-3-5-15/h1-11,13-14H,12H2,(H,28,31). The molecular weight excluding hydrogens is 414 g/mol. The van der Waals surface area contributed by atoms with Gasteiger partial charge in [-0.15, -0.1) is 0 Å². The molecule has 0 saturated carbocycles. The Hall–Kier alpha value is -4.04. The molecule has 0 aliphatic heterocycles. The summed E-state index contributed by atoms with van der Waals surface area (Å²) >= 11 is 6.14. The van der Waals surface area contributed by atoms with Crippen molar-refractivity contribution in [3.63, 3.8) is 0 Å². The Labute approximate surface area is 182 Å². The molecule has 0 spiro atoms.